The van der Waals surface area contributed by atoms with Gasteiger partial charge in [-0.3, -0.25) is 14.4 Å². The molecule has 8 heteroatoms. The number of amides is 3. The number of halogens is 1. The van der Waals surface area contributed by atoms with E-state index in [2.05, 4.69) is 10.6 Å². The van der Waals surface area contributed by atoms with Gasteiger partial charge in [-0.15, -0.1) is 0 Å². The van der Waals surface area contributed by atoms with Crippen molar-refractivity contribution in [3.8, 4) is 0 Å². The molecule has 2 N–H and O–H groups in total. The first-order valence-electron chi connectivity index (χ1n) is 9.90. The molecular weight excluding hydrogens is 363 g/mol. The summed E-state index contributed by atoms with van der Waals surface area (Å²) < 4.78 is 13.9. The molecular formula is C20H27FN4O3. The average Bonchev–Trinajstić information content (AvgIpc) is 2.73. The molecule has 0 unspecified atom stereocenters. The van der Waals surface area contributed by atoms with E-state index >= 15 is 0 Å². The van der Waals surface area contributed by atoms with Crippen molar-refractivity contribution < 1.29 is 18.8 Å². The molecule has 2 aliphatic rings. The van der Waals surface area contributed by atoms with Gasteiger partial charge in [0.05, 0.1) is 12.2 Å². The van der Waals surface area contributed by atoms with Crippen LogP contribution in [0.1, 0.15) is 32.1 Å². The molecule has 0 atom stereocenters. The molecule has 0 radical (unpaired) electrons. The zero-order valence-electron chi connectivity index (χ0n) is 16.0. The summed E-state index contributed by atoms with van der Waals surface area (Å²) in [5, 5.41) is 5.14. The molecule has 0 bridgehead atoms. The number of benzene rings is 1. The number of anilines is 1. The first-order valence-corrected chi connectivity index (χ1v) is 9.90. The van der Waals surface area contributed by atoms with Gasteiger partial charge < -0.3 is 20.4 Å². The van der Waals surface area contributed by atoms with Crippen LogP contribution < -0.4 is 15.5 Å². The van der Waals surface area contributed by atoms with Gasteiger partial charge in [0.1, 0.15) is 5.82 Å². The lowest BCUT2D eigenvalue weighted by molar-refractivity contribution is -0.141. The Morgan fingerprint density at radius 1 is 0.964 bits per heavy atom. The van der Waals surface area contributed by atoms with Crippen molar-refractivity contribution >= 4 is 23.4 Å². The summed E-state index contributed by atoms with van der Waals surface area (Å²) in [5.41, 5.74) is 0.530. The largest absolute Gasteiger partial charge is 0.366 e. The molecule has 152 valence electrons. The van der Waals surface area contributed by atoms with Crippen molar-refractivity contribution in [3.63, 3.8) is 0 Å². The number of hydrogen-bond donors (Lipinski definition) is 2. The zero-order chi connectivity index (χ0) is 19.9. The van der Waals surface area contributed by atoms with Gasteiger partial charge in [0.15, 0.2) is 0 Å². The fourth-order valence-corrected chi connectivity index (χ4v) is 3.75. The lowest BCUT2D eigenvalue weighted by atomic mass is 9.95. The van der Waals surface area contributed by atoms with E-state index in [-0.39, 0.29) is 24.3 Å². The Balaban J connectivity index is 1.40. The molecule has 7 nitrogen and oxygen atoms in total. The summed E-state index contributed by atoms with van der Waals surface area (Å²) >= 11 is 0. The number of para-hydroxylation sites is 1. The molecule has 1 aromatic carbocycles. The lowest BCUT2D eigenvalue weighted by Crippen LogP contribution is -2.52. The highest BCUT2D eigenvalue weighted by Crippen LogP contribution is 2.20. The van der Waals surface area contributed by atoms with E-state index in [0.717, 1.165) is 32.1 Å². The minimum atomic E-state index is -0.774. The van der Waals surface area contributed by atoms with E-state index in [1.54, 1.807) is 23.1 Å². The second kappa shape index (κ2) is 9.52. The fraction of sp³-hybridized carbons (Fsp3) is 0.550. The van der Waals surface area contributed by atoms with Crippen LogP contribution in [-0.4, -0.2) is 61.4 Å². The van der Waals surface area contributed by atoms with Gasteiger partial charge in [-0.1, -0.05) is 31.4 Å². The van der Waals surface area contributed by atoms with Crippen molar-refractivity contribution in [2.24, 2.45) is 0 Å². The topological polar surface area (TPSA) is 81.8 Å². The van der Waals surface area contributed by atoms with Crippen LogP contribution in [0.15, 0.2) is 24.3 Å². The smallest absolute Gasteiger partial charge is 0.309 e. The standard InChI is InChI=1S/C20H27FN4O3/c21-16-8-4-5-9-17(16)24-10-12-25(13-11-24)18(26)14-22-19(27)20(28)23-15-6-2-1-3-7-15/h4-5,8-9,15H,1-3,6-7,10-14H2,(H,22,27)(H,23,28). The van der Waals surface area contributed by atoms with Crippen LogP contribution in [0.5, 0.6) is 0 Å². The maximum atomic E-state index is 13.9. The number of rotatable bonds is 4. The molecule has 1 aliphatic heterocycles. The van der Waals surface area contributed by atoms with E-state index in [4.69, 9.17) is 0 Å². The summed E-state index contributed by atoms with van der Waals surface area (Å²) in [5.74, 6) is -1.97. The monoisotopic (exact) mass is 390 g/mol. The summed E-state index contributed by atoms with van der Waals surface area (Å²) in [7, 11) is 0. The maximum Gasteiger partial charge on any atom is 0.309 e. The van der Waals surface area contributed by atoms with Gasteiger partial charge >= 0.3 is 11.8 Å². The van der Waals surface area contributed by atoms with Crippen LogP contribution in [0, 0.1) is 5.82 Å². The number of carbonyl (C=O) groups excluding carboxylic acids is 3. The number of nitrogens with zero attached hydrogens (tertiary/aromatic N) is 2. The summed E-state index contributed by atoms with van der Waals surface area (Å²) in [6.45, 7) is 1.71. The van der Waals surface area contributed by atoms with Gasteiger partial charge in [-0.2, -0.15) is 0 Å². The molecule has 28 heavy (non-hydrogen) atoms. The average molecular weight is 390 g/mol. The summed E-state index contributed by atoms with van der Waals surface area (Å²) in [6, 6.07) is 6.61. The number of piperazine rings is 1. The Kier molecular flexibility index (Phi) is 6.84. The molecule has 1 aliphatic carbocycles. The highest BCUT2D eigenvalue weighted by Gasteiger charge is 2.24. The predicted molar refractivity (Wildman–Crippen MR) is 103 cm³/mol. The Bertz CT molecular complexity index is 713. The van der Waals surface area contributed by atoms with Crippen LogP contribution in [0.25, 0.3) is 0 Å². The van der Waals surface area contributed by atoms with Crippen LogP contribution >= 0.6 is 0 Å². The maximum absolute atomic E-state index is 13.9. The predicted octanol–water partition coefficient (Wildman–Crippen LogP) is 1.04. The lowest BCUT2D eigenvalue weighted by Gasteiger charge is -2.36. The van der Waals surface area contributed by atoms with Crippen LogP contribution in [0.2, 0.25) is 0 Å². The molecule has 3 rings (SSSR count). The first-order chi connectivity index (χ1) is 13.5. The molecule has 1 heterocycles. The Hall–Kier alpha value is -2.64. The van der Waals surface area contributed by atoms with Crippen molar-refractivity contribution in [3.05, 3.63) is 30.1 Å². The molecule has 1 saturated heterocycles. The van der Waals surface area contributed by atoms with Crippen molar-refractivity contribution in [1.29, 1.82) is 0 Å². The number of carbonyl (C=O) groups is 3. The number of hydrogen-bond acceptors (Lipinski definition) is 4. The minimum absolute atomic E-state index is 0.0501. The van der Waals surface area contributed by atoms with Crippen LogP contribution in [0.4, 0.5) is 10.1 Å². The van der Waals surface area contributed by atoms with E-state index in [1.165, 1.54) is 6.07 Å². The Morgan fingerprint density at radius 3 is 2.32 bits per heavy atom. The fourth-order valence-electron chi connectivity index (χ4n) is 3.75. The van der Waals surface area contributed by atoms with Gasteiger partial charge in [0.25, 0.3) is 0 Å². The molecule has 2 fully saturated rings. The third kappa shape index (κ3) is 5.21. The summed E-state index contributed by atoms with van der Waals surface area (Å²) in [4.78, 5) is 39.7. The quantitative estimate of drug-likeness (QED) is 0.753. The van der Waals surface area contributed by atoms with Crippen molar-refractivity contribution in [2.75, 3.05) is 37.6 Å². The Labute approximate surface area is 164 Å². The second-order valence-electron chi connectivity index (χ2n) is 7.31. The zero-order valence-corrected chi connectivity index (χ0v) is 16.0. The molecule has 1 aromatic rings. The Morgan fingerprint density at radius 2 is 1.64 bits per heavy atom. The first kappa shape index (κ1) is 20.1. The van der Waals surface area contributed by atoms with Crippen molar-refractivity contribution in [1.82, 2.24) is 15.5 Å². The van der Waals surface area contributed by atoms with E-state index in [0.29, 0.717) is 31.9 Å². The van der Waals surface area contributed by atoms with Gasteiger partial charge in [0.2, 0.25) is 5.91 Å². The summed E-state index contributed by atoms with van der Waals surface area (Å²) in [6.07, 6.45) is 5.07. The molecule has 3 amide bonds. The highest BCUT2D eigenvalue weighted by molar-refractivity contribution is 6.35. The van der Waals surface area contributed by atoms with Crippen LogP contribution in [0.3, 0.4) is 0 Å². The highest BCUT2D eigenvalue weighted by atomic mass is 19.1. The number of nitrogens with one attached hydrogen (secondary N) is 2. The molecule has 0 spiro atoms. The normalized spacial score (nSPS) is 17.9. The van der Waals surface area contributed by atoms with Gasteiger partial charge in [0, 0.05) is 32.2 Å². The SMILES string of the molecule is O=C(NCC(=O)N1CCN(c2ccccc2F)CC1)C(=O)NC1CCCCC1. The third-order valence-electron chi connectivity index (χ3n) is 5.37. The third-order valence-corrected chi connectivity index (χ3v) is 5.37. The van der Waals surface area contributed by atoms with Crippen LogP contribution in [-0.2, 0) is 14.4 Å². The van der Waals surface area contributed by atoms with Gasteiger partial charge in [-0.05, 0) is 25.0 Å². The molecule has 1 saturated carbocycles. The van der Waals surface area contributed by atoms with E-state index in [9.17, 15) is 18.8 Å². The van der Waals surface area contributed by atoms with Crippen molar-refractivity contribution in [2.45, 2.75) is 38.1 Å². The van der Waals surface area contributed by atoms with Gasteiger partial charge in [-0.25, -0.2) is 4.39 Å². The van der Waals surface area contributed by atoms with E-state index in [1.807, 2.05) is 4.90 Å². The second-order valence-corrected chi connectivity index (χ2v) is 7.31. The minimum Gasteiger partial charge on any atom is -0.366 e. The van der Waals surface area contributed by atoms with E-state index < -0.39 is 11.8 Å². The molecule has 0 aromatic heterocycles.